The number of para-hydroxylation sites is 1. The minimum atomic E-state index is 0.317. The van der Waals surface area contributed by atoms with Gasteiger partial charge in [0.2, 0.25) is 0 Å². The molecule has 116 valence electrons. The summed E-state index contributed by atoms with van der Waals surface area (Å²) in [6, 6.07) is 13.0. The molecule has 4 heteroatoms. The van der Waals surface area contributed by atoms with Crippen molar-refractivity contribution in [3.63, 3.8) is 0 Å². The Kier molecular flexibility index (Phi) is 5.03. The second kappa shape index (κ2) is 7.38. The van der Waals surface area contributed by atoms with Crippen LogP contribution in [0.25, 0.3) is 0 Å². The van der Waals surface area contributed by atoms with Crippen molar-refractivity contribution in [2.45, 2.75) is 31.5 Å². The molecule has 2 aromatic rings. The van der Waals surface area contributed by atoms with Gasteiger partial charge in [-0.15, -0.1) is 0 Å². The third kappa shape index (κ3) is 3.46. The molecule has 1 fully saturated rings. The molecule has 2 N–H and O–H groups in total. The van der Waals surface area contributed by atoms with Crippen LogP contribution in [0.3, 0.4) is 0 Å². The number of piperidine rings is 1. The molecule has 0 aliphatic carbocycles. The predicted octanol–water partition coefficient (Wildman–Crippen LogP) is 2.67. The summed E-state index contributed by atoms with van der Waals surface area (Å²) in [7, 11) is 1.72. The van der Waals surface area contributed by atoms with Crippen LogP contribution < -0.4 is 15.4 Å². The maximum atomic E-state index is 5.43. The normalized spacial score (nSPS) is 21.5. The molecular weight excluding hydrogens is 274 g/mol. The van der Waals surface area contributed by atoms with Gasteiger partial charge in [0.15, 0.2) is 0 Å². The molecule has 0 unspecified atom stereocenters. The molecule has 0 amide bonds. The number of benzene rings is 1. The van der Waals surface area contributed by atoms with Gasteiger partial charge in [0.25, 0.3) is 0 Å². The van der Waals surface area contributed by atoms with Crippen LogP contribution in [-0.2, 0) is 6.54 Å². The zero-order chi connectivity index (χ0) is 15.2. The Morgan fingerprint density at radius 2 is 2.18 bits per heavy atom. The summed E-state index contributed by atoms with van der Waals surface area (Å²) in [6.45, 7) is 1.87. The van der Waals surface area contributed by atoms with Crippen LogP contribution >= 0.6 is 0 Å². The lowest BCUT2D eigenvalue weighted by Gasteiger charge is -2.33. The molecule has 3 rings (SSSR count). The average molecular weight is 297 g/mol. The van der Waals surface area contributed by atoms with Crippen LogP contribution in [0.5, 0.6) is 5.75 Å². The number of nitrogens with zero attached hydrogens (tertiary/aromatic N) is 1. The molecule has 1 aliphatic rings. The van der Waals surface area contributed by atoms with E-state index in [2.05, 4.69) is 33.8 Å². The number of hydrogen-bond donors (Lipinski definition) is 2. The first-order valence-electron chi connectivity index (χ1n) is 7.87. The van der Waals surface area contributed by atoms with Gasteiger partial charge in [-0.05, 0) is 37.1 Å². The van der Waals surface area contributed by atoms with Gasteiger partial charge < -0.3 is 15.4 Å². The number of rotatable bonds is 5. The van der Waals surface area contributed by atoms with Gasteiger partial charge in [-0.2, -0.15) is 0 Å². The van der Waals surface area contributed by atoms with Crippen molar-refractivity contribution in [2.75, 3.05) is 13.7 Å². The highest BCUT2D eigenvalue weighted by Gasteiger charge is 2.25. The first-order valence-corrected chi connectivity index (χ1v) is 7.87. The average Bonchev–Trinajstić information content (AvgIpc) is 2.61. The van der Waals surface area contributed by atoms with Crippen molar-refractivity contribution in [1.82, 2.24) is 15.6 Å². The zero-order valence-electron chi connectivity index (χ0n) is 13.0. The van der Waals surface area contributed by atoms with Gasteiger partial charge >= 0.3 is 0 Å². The van der Waals surface area contributed by atoms with Gasteiger partial charge in [0.05, 0.1) is 7.11 Å². The highest BCUT2D eigenvalue weighted by Crippen LogP contribution is 2.24. The Hall–Kier alpha value is -1.91. The third-order valence-corrected chi connectivity index (χ3v) is 4.25. The number of hydrogen-bond acceptors (Lipinski definition) is 4. The molecule has 0 saturated carbocycles. The van der Waals surface area contributed by atoms with E-state index in [0.29, 0.717) is 12.1 Å². The quantitative estimate of drug-likeness (QED) is 0.891. The van der Waals surface area contributed by atoms with Crippen LogP contribution in [0.4, 0.5) is 0 Å². The maximum Gasteiger partial charge on any atom is 0.123 e. The smallest absolute Gasteiger partial charge is 0.123 e. The van der Waals surface area contributed by atoms with Crippen LogP contribution in [0.15, 0.2) is 48.8 Å². The summed E-state index contributed by atoms with van der Waals surface area (Å²) in [6.07, 6.45) is 6.15. The van der Waals surface area contributed by atoms with Crippen molar-refractivity contribution >= 4 is 0 Å². The SMILES string of the molecule is COc1ccccc1CN[C@@H]1CCCN[C@@H]1c1cccnc1. The number of nitrogens with one attached hydrogen (secondary N) is 2. The zero-order valence-corrected chi connectivity index (χ0v) is 13.0. The van der Waals surface area contributed by atoms with Gasteiger partial charge in [-0.25, -0.2) is 0 Å². The van der Waals surface area contributed by atoms with E-state index in [1.165, 1.54) is 24.0 Å². The van der Waals surface area contributed by atoms with E-state index >= 15 is 0 Å². The molecule has 1 aliphatic heterocycles. The molecule has 1 aromatic carbocycles. The summed E-state index contributed by atoms with van der Waals surface area (Å²) < 4.78 is 5.43. The van der Waals surface area contributed by atoms with Crippen LogP contribution in [0.2, 0.25) is 0 Å². The largest absolute Gasteiger partial charge is 0.496 e. The minimum absolute atomic E-state index is 0.317. The lowest BCUT2D eigenvalue weighted by atomic mass is 9.93. The van der Waals surface area contributed by atoms with Crippen molar-refractivity contribution in [2.24, 2.45) is 0 Å². The second-order valence-electron chi connectivity index (χ2n) is 5.66. The molecule has 1 aromatic heterocycles. The minimum Gasteiger partial charge on any atom is -0.496 e. The van der Waals surface area contributed by atoms with Crippen molar-refractivity contribution in [1.29, 1.82) is 0 Å². The molecule has 0 radical (unpaired) electrons. The van der Waals surface area contributed by atoms with E-state index in [0.717, 1.165) is 18.8 Å². The number of aromatic nitrogens is 1. The number of methoxy groups -OCH3 is 1. The monoisotopic (exact) mass is 297 g/mol. The van der Waals surface area contributed by atoms with E-state index in [-0.39, 0.29) is 0 Å². The summed E-state index contributed by atoms with van der Waals surface area (Å²) in [4.78, 5) is 4.25. The van der Waals surface area contributed by atoms with Gasteiger partial charge in [0.1, 0.15) is 5.75 Å². The Morgan fingerprint density at radius 3 is 3.00 bits per heavy atom. The number of ether oxygens (including phenoxy) is 1. The van der Waals surface area contributed by atoms with Crippen LogP contribution in [0.1, 0.15) is 30.0 Å². The fourth-order valence-electron chi connectivity index (χ4n) is 3.11. The highest BCUT2D eigenvalue weighted by atomic mass is 16.5. The van der Waals surface area contributed by atoms with Crippen molar-refractivity contribution in [3.05, 3.63) is 59.9 Å². The maximum absolute atomic E-state index is 5.43. The van der Waals surface area contributed by atoms with Gasteiger partial charge in [-0.1, -0.05) is 24.3 Å². The summed E-state index contributed by atoms with van der Waals surface area (Å²) in [5.41, 5.74) is 2.44. The van der Waals surface area contributed by atoms with E-state index in [9.17, 15) is 0 Å². The molecule has 0 bridgehead atoms. The molecule has 2 heterocycles. The van der Waals surface area contributed by atoms with Crippen molar-refractivity contribution in [3.8, 4) is 5.75 Å². The molecule has 22 heavy (non-hydrogen) atoms. The van der Waals surface area contributed by atoms with Gasteiger partial charge in [0, 0.05) is 36.6 Å². The fourth-order valence-corrected chi connectivity index (χ4v) is 3.11. The molecule has 2 atom stereocenters. The standard InChI is InChI=1S/C18H23N3O/c1-22-17-9-3-2-6-14(17)13-21-16-8-5-11-20-18(16)15-7-4-10-19-12-15/h2-4,6-7,9-10,12,16,18,20-21H,5,8,11,13H2,1H3/t16-,18-/m1/s1. The van der Waals surface area contributed by atoms with Crippen LogP contribution in [0, 0.1) is 0 Å². The molecule has 1 saturated heterocycles. The Labute approximate surface area is 131 Å². The highest BCUT2D eigenvalue weighted by molar-refractivity contribution is 5.33. The van der Waals surface area contributed by atoms with E-state index < -0.39 is 0 Å². The Morgan fingerprint density at radius 1 is 1.27 bits per heavy atom. The Balaban J connectivity index is 1.69. The summed E-state index contributed by atoms with van der Waals surface area (Å²) >= 11 is 0. The number of pyridine rings is 1. The fraction of sp³-hybridized carbons (Fsp3) is 0.389. The first kappa shape index (κ1) is 15.0. The predicted molar refractivity (Wildman–Crippen MR) is 87.8 cm³/mol. The topological polar surface area (TPSA) is 46.2 Å². The van der Waals surface area contributed by atoms with Crippen molar-refractivity contribution < 1.29 is 4.74 Å². The van der Waals surface area contributed by atoms with E-state index in [1.54, 1.807) is 7.11 Å². The summed E-state index contributed by atoms with van der Waals surface area (Å²) in [5.74, 6) is 0.941. The summed E-state index contributed by atoms with van der Waals surface area (Å²) in [5, 5.41) is 7.31. The van der Waals surface area contributed by atoms with E-state index in [4.69, 9.17) is 4.74 Å². The molecular formula is C18H23N3O. The van der Waals surface area contributed by atoms with E-state index in [1.807, 2.05) is 30.6 Å². The van der Waals surface area contributed by atoms with Gasteiger partial charge in [-0.3, -0.25) is 4.98 Å². The van der Waals surface area contributed by atoms with Crippen LogP contribution in [-0.4, -0.2) is 24.7 Å². The second-order valence-corrected chi connectivity index (χ2v) is 5.66. The molecule has 4 nitrogen and oxygen atoms in total. The molecule has 0 spiro atoms. The lowest BCUT2D eigenvalue weighted by Crippen LogP contribution is -2.45. The third-order valence-electron chi connectivity index (χ3n) is 4.25. The first-order chi connectivity index (χ1) is 10.9. The Bertz CT molecular complexity index is 588. The lowest BCUT2D eigenvalue weighted by molar-refractivity contribution is 0.302.